The first-order chi connectivity index (χ1) is 8.31. The Hall–Kier alpha value is -1.65. The molecule has 0 saturated heterocycles. The van der Waals surface area contributed by atoms with Crippen LogP contribution in [0.2, 0.25) is 0 Å². The van der Waals surface area contributed by atoms with Crippen LogP contribution >= 0.6 is 0 Å². The topological polar surface area (TPSA) is 54.1 Å². The summed E-state index contributed by atoms with van der Waals surface area (Å²) in [5.41, 5.74) is 1.83. The molecule has 17 heavy (non-hydrogen) atoms. The summed E-state index contributed by atoms with van der Waals surface area (Å²) in [6, 6.07) is 9.45. The number of para-hydroxylation sites is 1. The lowest BCUT2D eigenvalue weighted by atomic mass is 10.1. The quantitative estimate of drug-likeness (QED) is 0.763. The number of H-pyrrole nitrogens is 1. The van der Waals surface area contributed by atoms with E-state index in [0.29, 0.717) is 13.2 Å². The van der Waals surface area contributed by atoms with Crippen molar-refractivity contribution in [3.8, 4) is 0 Å². The first-order valence-electron chi connectivity index (χ1n) is 5.62. The lowest BCUT2D eigenvalue weighted by Gasteiger charge is -2.07. The lowest BCUT2D eigenvalue weighted by Crippen LogP contribution is -2.20. The van der Waals surface area contributed by atoms with Gasteiger partial charge in [-0.2, -0.15) is 0 Å². The molecule has 0 fully saturated rings. The average molecular weight is 232 g/mol. The van der Waals surface area contributed by atoms with Crippen molar-refractivity contribution in [3.63, 3.8) is 0 Å². The Labute approximate surface area is 99.6 Å². The van der Waals surface area contributed by atoms with E-state index in [0.717, 1.165) is 23.0 Å². The van der Waals surface area contributed by atoms with Gasteiger partial charge in [0.05, 0.1) is 6.61 Å². The molecule has 2 rings (SSSR count). The van der Waals surface area contributed by atoms with E-state index >= 15 is 0 Å². The van der Waals surface area contributed by atoms with Crippen molar-refractivity contribution in [1.82, 2.24) is 10.3 Å². The molecule has 1 aromatic heterocycles. The molecule has 2 N–H and O–H groups in total. The van der Waals surface area contributed by atoms with Gasteiger partial charge in [-0.3, -0.25) is 4.79 Å². The van der Waals surface area contributed by atoms with Crippen LogP contribution in [0.5, 0.6) is 0 Å². The fraction of sp³-hybridized carbons (Fsp3) is 0.308. The number of methoxy groups -OCH3 is 1. The Morgan fingerprint density at radius 2 is 2.18 bits per heavy atom. The SMILES string of the molecule is COCCNCc1cc(=O)[nH]c2ccccc12. The number of aromatic amines is 1. The third kappa shape index (κ3) is 2.93. The largest absolute Gasteiger partial charge is 0.383 e. The number of hydrogen-bond acceptors (Lipinski definition) is 3. The Bertz CT molecular complexity index is 548. The summed E-state index contributed by atoms with van der Waals surface area (Å²) in [5.74, 6) is 0. The van der Waals surface area contributed by atoms with Gasteiger partial charge < -0.3 is 15.0 Å². The second-order valence-electron chi connectivity index (χ2n) is 3.87. The van der Waals surface area contributed by atoms with Gasteiger partial charge in [0.25, 0.3) is 0 Å². The number of benzene rings is 1. The van der Waals surface area contributed by atoms with Gasteiger partial charge in [-0.1, -0.05) is 18.2 Å². The molecule has 0 aliphatic carbocycles. The van der Waals surface area contributed by atoms with Crippen molar-refractivity contribution in [1.29, 1.82) is 0 Å². The van der Waals surface area contributed by atoms with Crippen LogP contribution in [0.4, 0.5) is 0 Å². The van der Waals surface area contributed by atoms with Crippen molar-refractivity contribution in [2.45, 2.75) is 6.54 Å². The molecule has 0 spiro atoms. The van der Waals surface area contributed by atoms with Crippen LogP contribution in [0.3, 0.4) is 0 Å². The summed E-state index contributed by atoms with van der Waals surface area (Å²) in [6.07, 6.45) is 0. The Morgan fingerprint density at radius 3 is 3.00 bits per heavy atom. The molecule has 0 atom stereocenters. The maximum absolute atomic E-state index is 11.5. The number of ether oxygens (including phenoxy) is 1. The zero-order valence-corrected chi connectivity index (χ0v) is 9.82. The van der Waals surface area contributed by atoms with Crippen LogP contribution < -0.4 is 10.9 Å². The highest BCUT2D eigenvalue weighted by atomic mass is 16.5. The number of fused-ring (bicyclic) bond motifs is 1. The van der Waals surface area contributed by atoms with E-state index < -0.39 is 0 Å². The van der Waals surface area contributed by atoms with Crippen LogP contribution in [0, 0.1) is 0 Å². The van der Waals surface area contributed by atoms with E-state index in [4.69, 9.17) is 4.74 Å². The summed E-state index contributed by atoms with van der Waals surface area (Å²) in [4.78, 5) is 14.3. The second-order valence-corrected chi connectivity index (χ2v) is 3.87. The summed E-state index contributed by atoms with van der Waals surface area (Å²) in [5, 5.41) is 4.32. The molecule has 0 bridgehead atoms. The van der Waals surface area contributed by atoms with Crippen molar-refractivity contribution in [2.75, 3.05) is 20.3 Å². The predicted molar refractivity (Wildman–Crippen MR) is 68.2 cm³/mol. The van der Waals surface area contributed by atoms with E-state index in [1.165, 1.54) is 0 Å². The van der Waals surface area contributed by atoms with Gasteiger partial charge >= 0.3 is 0 Å². The molecule has 1 aromatic carbocycles. The van der Waals surface area contributed by atoms with Crippen LogP contribution in [0.1, 0.15) is 5.56 Å². The normalized spacial score (nSPS) is 10.9. The Kier molecular flexibility index (Phi) is 3.90. The number of rotatable bonds is 5. The first-order valence-corrected chi connectivity index (χ1v) is 5.62. The van der Waals surface area contributed by atoms with Gasteiger partial charge in [0.2, 0.25) is 5.56 Å². The van der Waals surface area contributed by atoms with Gasteiger partial charge in [0.15, 0.2) is 0 Å². The van der Waals surface area contributed by atoms with Crippen LogP contribution in [-0.4, -0.2) is 25.2 Å². The van der Waals surface area contributed by atoms with Crippen LogP contribution in [0.25, 0.3) is 10.9 Å². The highest BCUT2D eigenvalue weighted by Crippen LogP contribution is 2.13. The first kappa shape index (κ1) is 11.8. The minimum absolute atomic E-state index is 0.0627. The maximum atomic E-state index is 11.5. The third-order valence-electron chi connectivity index (χ3n) is 2.63. The molecule has 0 radical (unpaired) electrons. The number of pyridine rings is 1. The number of aromatic nitrogens is 1. The number of nitrogens with one attached hydrogen (secondary N) is 2. The molecule has 0 aliphatic heterocycles. The third-order valence-corrected chi connectivity index (χ3v) is 2.63. The van der Waals surface area contributed by atoms with E-state index in [-0.39, 0.29) is 5.56 Å². The summed E-state index contributed by atoms with van der Waals surface area (Å²) >= 11 is 0. The molecule has 0 aliphatic rings. The second kappa shape index (κ2) is 5.61. The molecule has 4 nitrogen and oxygen atoms in total. The monoisotopic (exact) mass is 232 g/mol. The molecule has 0 amide bonds. The molecule has 90 valence electrons. The lowest BCUT2D eigenvalue weighted by molar-refractivity contribution is 0.199. The minimum atomic E-state index is -0.0627. The highest BCUT2D eigenvalue weighted by molar-refractivity contribution is 5.81. The van der Waals surface area contributed by atoms with Crippen molar-refractivity contribution >= 4 is 10.9 Å². The van der Waals surface area contributed by atoms with Crippen molar-refractivity contribution < 1.29 is 4.74 Å². The standard InChI is InChI=1S/C13H16N2O2/c1-17-7-6-14-9-10-8-13(16)15-12-5-3-2-4-11(10)12/h2-5,8,14H,6-7,9H2,1H3,(H,15,16). The van der Waals surface area contributed by atoms with Crippen molar-refractivity contribution in [3.05, 3.63) is 46.2 Å². The predicted octanol–water partition coefficient (Wildman–Crippen LogP) is 1.26. The molecule has 4 heteroatoms. The van der Waals surface area contributed by atoms with Crippen LogP contribution in [0.15, 0.2) is 35.1 Å². The highest BCUT2D eigenvalue weighted by Gasteiger charge is 2.02. The Morgan fingerprint density at radius 1 is 1.35 bits per heavy atom. The van der Waals surface area contributed by atoms with E-state index in [1.807, 2.05) is 24.3 Å². The average Bonchev–Trinajstić information content (AvgIpc) is 2.34. The maximum Gasteiger partial charge on any atom is 0.248 e. The summed E-state index contributed by atoms with van der Waals surface area (Å²) in [7, 11) is 1.67. The van der Waals surface area contributed by atoms with Gasteiger partial charge in [-0.25, -0.2) is 0 Å². The van der Waals surface area contributed by atoms with Crippen LogP contribution in [-0.2, 0) is 11.3 Å². The number of hydrogen-bond donors (Lipinski definition) is 2. The molecule has 0 unspecified atom stereocenters. The van der Waals surface area contributed by atoms with Gasteiger partial charge in [0.1, 0.15) is 0 Å². The molecular formula is C13H16N2O2. The minimum Gasteiger partial charge on any atom is -0.383 e. The Balaban J connectivity index is 2.23. The molecule has 2 aromatic rings. The molecule has 0 saturated carbocycles. The van der Waals surface area contributed by atoms with Crippen molar-refractivity contribution in [2.24, 2.45) is 0 Å². The fourth-order valence-electron chi connectivity index (χ4n) is 1.82. The van der Waals surface area contributed by atoms with Gasteiger partial charge in [-0.15, -0.1) is 0 Å². The molecular weight excluding hydrogens is 216 g/mol. The van der Waals surface area contributed by atoms with Gasteiger partial charge in [0, 0.05) is 37.2 Å². The van der Waals surface area contributed by atoms with E-state index in [2.05, 4.69) is 10.3 Å². The zero-order chi connectivity index (χ0) is 12.1. The summed E-state index contributed by atoms with van der Waals surface area (Å²) < 4.78 is 4.96. The summed E-state index contributed by atoms with van der Waals surface area (Å²) in [6.45, 7) is 2.12. The molecule has 1 heterocycles. The zero-order valence-electron chi connectivity index (χ0n) is 9.82. The van der Waals surface area contributed by atoms with Gasteiger partial charge in [-0.05, 0) is 11.6 Å². The smallest absolute Gasteiger partial charge is 0.248 e. The van der Waals surface area contributed by atoms with E-state index in [9.17, 15) is 4.79 Å². The fourth-order valence-corrected chi connectivity index (χ4v) is 1.82. The van der Waals surface area contributed by atoms with E-state index in [1.54, 1.807) is 13.2 Å².